The fourth-order valence-electron chi connectivity index (χ4n) is 2.45. The lowest BCUT2D eigenvalue weighted by molar-refractivity contribution is 0.158. The molecule has 104 valence electrons. The maximum absolute atomic E-state index is 11.8. The lowest BCUT2D eigenvalue weighted by Crippen LogP contribution is -2.46. The quantitative estimate of drug-likeness (QED) is 0.888. The lowest BCUT2D eigenvalue weighted by Gasteiger charge is -2.34. The number of nitrogens with zero attached hydrogens (tertiary/aromatic N) is 2. The highest BCUT2D eigenvalue weighted by molar-refractivity contribution is 5.73. The molecule has 0 aliphatic carbocycles. The Morgan fingerprint density at radius 3 is 2.47 bits per heavy atom. The number of benzene rings is 1. The average Bonchev–Trinajstić information content (AvgIpc) is 2.41. The summed E-state index contributed by atoms with van der Waals surface area (Å²) < 4.78 is 0. The van der Waals surface area contributed by atoms with Crippen molar-refractivity contribution >= 4 is 11.7 Å². The van der Waals surface area contributed by atoms with Crippen LogP contribution in [0.25, 0.3) is 0 Å². The van der Waals surface area contributed by atoms with Crippen LogP contribution in [-0.2, 0) is 0 Å². The van der Waals surface area contributed by atoms with Gasteiger partial charge in [0.15, 0.2) is 0 Å². The van der Waals surface area contributed by atoms with Crippen molar-refractivity contribution in [2.75, 3.05) is 32.5 Å². The number of carbonyl (C=O) groups excluding carboxylic acids is 1. The Kier molecular flexibility index (Phi) is 4.30. The minimum Gasteiger partial charge on any atom is -0.382 e. The monoisotopic (exact) mass is 261 g/mol. The number of carbonyl (C=O) groups is 1. The highest BCUT2D eigenvalue weighted by Crippen LogP contribution is 2.19. The van der Waals surface area contributed by atoms with Gasteiger partial charge < -0.3 is 15.1 Å². The molecule has 1 saturated heterocycles. The number of anilines is 1. The Balaban J connectivity index is 1.87. The normalized spacial score (nSPS) is 16.3. The first-order valence-corrected chi connectivity index (χ1v) is 6.86. The first kappa shape index (κ1) is 13.7. The third kappa shape index (κ3) is 3.40. The van der Waals surface area contributed by atoms with Crippen LogP contribution in [0.3, 0.4) is 0 Å². The summed E-state index contributed by atoms with van der Waals surface area (Å²) in [6.07, 6.45) is 2.02. The number of hydrogen-bond acceptors (Lipinski definition) is 2. The van der Waals surface area contributed by atoms with E-state index in [0.717, 1.165) is 25.9 Å². The van der Waals surface area contributed by atoms with Crippen LogP contribution in [0.1, 0.15) is 18.4 Å². The molecule has 1 aliphatic heterocycles. The Morgan fingerprint density at radius 1 is 1.26 bits per heavy atom. The molecule has 19 heavy (non-hydrogen) atoms. The Morgan fingerprint density at radius 2 is 1.89 bits per heavy atom. The Labute approximate surface area is 115 Å². The van der Waals surface area contributed by atoms with Crippen molar-refractivity contribution in [1.82, 2.24) is 9.80 Å². The molecule has 1 aromatic rings. The van der Waals surface area contributed by atoms with Gasteiger partial charge in [-0.1, -0.05) is 18.2 Å². The number of aryl methyl sites for hydroxylation is 1. The van der Waals surface area contributed by atoms with Gasteiger partial charge in [-0.25, -0.2) is 4.79 Å². The fourth-order valence-corrected chi connectivity index (χ4v) is 2.45. The summed E-state index contributed by atoms with van der Waals surface area (Å²) in [6, 6.07) is 8.93. The van der Waals surface area contributed by atoms with Gasteiger partial charge in [-0.2, -0.15) is 0 Å². The maximum Gasteiger partial charge on any atom is 0.319 e. The van der Waals surface area contributed by atoms with Gasteiger partial charge in [-0.05, 0) is 31.4 Å². The van der Waals surface area contributed by atoms with E-state index in [1.807, 2.05) is 4.90 Å². The number of para-hydroxylation sites is 1. The van der Waals surface area contributed by atoms with E-state index in [1.165, 1.54) is 11.3 Å². The number of amides is 2. The van der Waals surface area contributed by atoms with Crippen molar-refractivity contribution in [3.63, 3.8) is 0 Å². The van der Waals surface area contributed by atoms with Crippen molar-refractivity contribution < 1.29 is 4.79 Å². The molecule has 0 spiro atoms. The van der Waals surface area contributed by atoms with Crippen molar-refractivity contribution in [3.8, 4) is 0 Å². The van der Waals surface area contributed by atoms with Crippen LogP contribution < -0.4 is 5.32 Å². The van der Waals surface area contributed by atoms with Gasteiger partial charge in [0.25, 0.3) is 0 Å². The van der Waals surface area contributed by atoms with Gasteiger partial charge in [0.05, 0.1) is 0 Å². The zero-order valence-corrected chi connectivity index (χ0v) is 12.0. The first-order valence-electron chi connectivity index (χ1n) is 6.86. The van der Waals surface area contributed by atoms with E-state index < -0.39 is 0 Å². The van der Waals surface area contributed by atoms with Crippen LogP contribution in [0.2, 0.25) is 0 Å². The number of piperidine rings is 1. The van der Waals surface area contributed by atoms with E-state index in [4.69, 9.17) is 0 Å². The second-order valence-electron chi connectivity index (χ2n) is 5.40. The Hall–Kier alpha value is -1.71. The fraction of sp³-hybridized carbons (Fsp3) is 0.533. The van der Waals surface area contributed by atoms with Crippen molar-refractivity contribution in [2.24, 2.45) is 0 Å². The third-order valence-corrected chi connectivity index (χ3v) is 3.65. The summed E-state index contributed by atoms with van der Waals surface area (Å²) in [5.74, 6) is 0. The van der Waals surface area contributed by atoms with Gasteiger partial charge in [-0.3, -0.25) is 0 Å². The molecule has 2 rings (SSSR count). The SMILES string of the molecule is Cc1ccccc1NC1CCN(C(=O)N(C)C)CC1. The van der Waals surface area contributed by atoms with Crippen LogP contribution >= 0.6 is 0 Å². The molecule has 0 atom stereocenters. The molecule has 1 fully saturated rings. The Bertz CT molecular complexity index is 437. The molecule has 4 nitrogen and oxygen atoms in total. The predicted octanol–water partition coefficient (Wildman–Crippen LogP) is 2.55. The lowest BCUT2D eigenvalue weighted by atomic mass is 10.0. The number of nitrogens with one attached hydrogen (secondary N) is 1. The zero-order chi connectivity index (χ0) is 13.8. The van der Waals surface area contributed by atoms with Crippen LogP contribution in [0, 0.1) is 6.92 Å². The third-order valence-electron chi connectivity index (χ3n) is 3.65. The molecule has 1 N–H and O–H groups in total. The van der Waals surface area contributed by atoms with E-state index in [2.05, 4.69) is 36.5 Å². The van der Waals surface area contributed by atoms with Crippen molar-refractivity contribution in [3.05, 3.63) is 29.8 Å². The number of hydrogen-bond donors (Lipinski definition) is 1. The maximum atomic E-state index is 11.8. The minimum atomic E-state index is 0.120. The topological polar surface area (TPSA) is 35.6 Å². The summed E-state index contributed by atoms with van der Waals surface area (Å²) in [5.41, 5.74) is 2.48. The van der Waals surface area contributed by atoms with Gasteiger partial charge in [0.2, 0.25) is 0 Å². The molecule has 2 amide bonds. The molecule has 1 aliphatic rings. The van der Waals surface area contributed by atoms with E-state index in [0.29, 0.717) is 6.04 Å². The summed E-state index contributed by atoms with van der Waals surface area (Å²) >= 11 is 0. The molecule has 0 radical (unpaired) electrons. The molecule has 0 aromatic heterocycles. The molecule has 1 heterocycles. The van der Waals surface area contributed by atoms with Gasteiger partial charge in [0, 0.05) is 38.9 Å². The van der Waals surface area contributed by atoms with Crippen LogP contribution in [-0.4, -0.2) is 49.1 Å². The van der Waals surface area contributed by atoms with Crippen LogP contribution in [0.15, 0.2) is 24.3 Å². The summed E-state index contributed by atoms with van der Waals surface area (Å²) in [7, 11) is 3.61. The second kappa shape index (κ2) is 5.95. The summed E-state index contributed by atoms with van der Waals surface area (Å²) in [6.45, 7) is 3.79. The number of likely N-dealkylation sites (tertiary alicyclic amines) is 1. The van der Waals surface area contributed by atoms with Gasteiger partial charge in [-0.15, -0.1) is 0 Å². The molecular formula is C15H23N3O. The second-order valence-corrected chi connectivity index (χ2v) is 5.40. The molecule has 4 heteroatoms. The molecule has 0 unspecified atom stereocenters. The molecular weight excluding hydrogens is 238 g/mol. The summed E-state index contributed by atoms with van der Waals surface area (Å²) in [4.78, 5) is 15.4. The average molecular weight is 261 g/mol. The predicted molar refractivity (Wildman–Crippen MR) is 78.5 cm³/mol. The van der Waals surface area contributed by atoms with Crippen LogP contribution in [0.5, 0.6) is 0 Å². The molecule has 0 saturated carbocycles. The highest BCUT2D eigenvalue weighted by Gasteiger charge is 2.23. The largest absolute Gasteiger partial charge is 0.382 e. The van der Waals surface area contributed by atoms with Gasteiger partial charge >= 0.3 is 6.03 Å². The standard InChI is InChI=1S/C15H23N3O/c1-12-6-4-5-7-14(12)16-13-8-10-18(11-9-13)15(19)17(2)3/h4-7,13,16H,8-11H2,1-3H3. The molecule has 1 aromatic carbocycles. The van der Waals surface area contributed by atoms with Crippen molar-refractivity contribution in [2.45, 2.75) is 25.8 Å². The van der Waals surface area contributed by atoms with Crippen molar-refractivity contribution in [1.29, 1.82) is 0 Å². The van der Waals surface area contributed by atoms with E-state index in [1.54, 1.807) is 19.0 Å². The molecule has 0 bridgehead atoms. The van der Waals surface area contributed by atoms with E-state index in [9.17, 15) is 4.79 Å². The summed E-state index contributed by atoms with van der Waals surface area (Å²) in [5, 5.41) is 3.59. The minimum absolute atomic E-state index is 0.120. The number of rotatable bonds is 2. The first-order chi connectivity index (χ1) is 9.08. The van der Waals surface area contributed by atoms with Crippen LogP contribution in [0.4, 0.5) is 10.5 Å². The highest BCUT2D eigenvalue weighted by atomic mass is 16.2. The smallest absolute Gasteiger partial charge is 0.319 e. The zero-order valence-electron chi connectivity index (χ0n) is 12.0. The van der Waals surface area contributed by atoms with Gasteiger partial charge in [0.1, 0.15) is 0 Å². The number of urea groups is 1. The van der Waals surface area contributed by atoms with E-state index >= 15 is 0 Å². The van der Waals surface area contributed by atoms with E-state index in [-0.39, 0.29) is 6.03 Å².